The predicted octanol–water partition coefficient (Wildman–Crippen LogP) is 12.5. The van der Waals surface area contributed by atoms with Gasteiger partial charge < -0.3 is 0 Å². The van der Waals surface area contributed by atoms with E-state index >= 15 is 0 Å². The minimum absolute atomic E-state index is 0.113. The van der Waals surface area contributed by atoms with Crippen LogP contribution in [0.25, 0.3) is 87.2 Å². The molecule has 0 saturated heterocycles. The molecule has 9 aromatic rings. The zero-order valence-electron chi connectivity index (χ0n) is 25.4. The summed E-state index contributed by atoms with van der Waals surface area (Å²) in [6.07, 6.45) is 0. The Labute approximate surface area is 262 Å². The second-order valence-electron chi connectivity index (χ2n) is 13.3. The second kappa shape index (κ2) is 8.80. The van der Waals surface area contributed by atoms with E-state index in [4.69, 9.17) is 0 Å². The molecule has 0 fully saturated rings. The zero-order chi connectivity index (χ0) is 29.9. The highest BCUT2D eigenvalue weighted by Crippen LogP contribution is 2.51. The Morgan fingerprint density at radius 3 is 1.56 bits per heavy atom. The topological polar surface area (TPSA) is 0 Å². The van der Waals surface area contributed by atoms with Gasteiger partial charge in [-0.3, -0.25) is 0 Å². The summed E-state index contributed by atoms with van der Waals surface area (Å²) in [5, 5.41) is 13.2. The van der Waals surface area contributed by atoms with Crippen molar-refractivity contribution in [1.82, 2.24) is 0 Å². The number of hydrogen-bond donors (Lipinski definition) is 0. The Bertz CT molecular complexity index is 2650. The summed E-state index contributed by atoms with van der Waals surface area (Å²) in [5.41, 5.74) is 10.6. The SMILES string of the molecule is CC1(C)c2cc(-c3cccc4cc5ccccc5cc34)ccc2-c2ccc(-c3ccc4ccc5cccc6ccc3c4c56)cc21. The fourth-order valence-electron chi connectivity index (χ4n) is 8.28. The lowest BCUT2D eigenvalue weighted by molar-refractivity contribution is 0.661. The molecule has 0 spiro atoms. The molecule has 0 aromatic heterocycles. The molecule has 45 heavy (non-hydrogen) atoms. The number of rotatable bonds is 2. The van der Waals surface area contributed by atoms with Crippen molar-refractivity contribution in [1.29, 1.82) is 0 Å². The summed E-state index contributed by atoms with van der Waals surface area (Å²) in [6.45, 7) is 4.79. The molecular weight excluding hydrogens is 540 g/mol. The lowest BCUT2D eigenvalue weighted by Gasteiger charge is -2.23. The minimum atomic E-state index is -0.113. The molecule has 0 heteroatoms. The standard InChI is InChI=1S/C45H30/c1-45(2)41-25-33(35-12-6-11-32-23-30-7-3-4-8-31(30)24-40(32)35)17-20-37(41)38-21-18-34(26-42(38)45)36-19-15-29-14-13-27-9-5-10-28-16-22-39(36)44(29)43(27)28/h3-26H,1-2H3. The van der Waals surface area contributed by atoms with Gasteiger partial charge in [0.25, 0.3) is 0 Å². The third-order valence-electron chi connectivity index (χ3n) is 10.6. The maximum Gasteiger partial charge on any atom is 0.0159 e. The van der Waals surface area contributed by atoms with Gasteiger partial charge >= 0.3 is 0 Å². The first-order chi connectivity index (χ1) is 22.0. The molecule has 10 rings (SSSR count). The van der Waals surface area contributed by atoms with Crippen LogP contribution >= 0.6 is 0 Å². The van der Waals surface area contributed by atoms with E-state index in [0.717, 1.165) is 0 Å². The Kier molecular flexibility index (Phi) is 4.88. The summed E-state index contributed by atoms with van der Waals surface area (Å²) in [4.78, 5) is 0. The number of fused-ring (bicyclic) bond motifs is 5. The lowest BCUT2D eigenvalue weighted by Crippen LogP contribution is -2.15. The molecule has 0 unspecified atom stereocenters. The number of hydrogen-bond acceptors (Lipinski definition) is 0. The van der Waals surface area contributed by atoms with Crippen LogP contribution in [0.4, 0.5) is 0 Å². The normalized spacial score (nSPS) is 13.7. The Morgan fingerprint density at radius 2 is 0.844 bits per heavy atom. The molecule has 0 nitrogen and oxygen atoms in total. The van der Waals surface area contributed by atoms with E-state index in [1.807, 2.05) is 0 Å². The Hall–Kier alpha value is -5.46. The third-order valence-corrected chi connectivity index (χ3v) is 10.6. The first-order valence-corrected chi connectivity index (χ1v) is 15.9. The van der Waals surface area contributed by atoms with Crippen molar-refractivity contribution in [2.45, 2.75) is 19.3 Å². The van der Waals surface area contributed by atoms with Crippen molar-refractivity contribution in [3.63, 3.8) is 0 Å². The van der Waals surface area contributed by atoms with E-state index in [0.29, 0.717) is 0 Å². The van der Waals surface area contributed by atoms with Crippen LogP contribution in [0.15, 0.2) is 146 Å². The predicted molar refractivity (Wildman–Crippen MR) is 194 cm³/mol. The summed E-state index contributed by atoms with van der Waals surface area (Å²) in [7, 11) is 0. The van der Waals surface area contributed by atoms with Crippen LogP contribution in [0.3, 0.4) is 0 Å². The van der Waals surface area contributed by atoms with Crippen LogP contribution in [0.5, 0.6) is 0 Å². The van der Waals surface area contributed by atoms with Crippen molar-refractivity contribution in [3.8, 4) is 33.4 Å². The van der Waals surface area contributed by atoms with Crippen molar-refractivity contribution in [3.05, 3.63) is 157 Å². The average molecular weight is 571 g/mol. The average Bonchev–Trinajstić information content (AvgIpc) is 3.31. The van der Waals surface area contributed by atoms with Crippen LogP contribution in [-0.4, -0.2) is 0 Å². The molecule has 0 atom stereocenters. The molecule has 1 aliphatic carbocycles. The van der Waals surface area contributed by atoms with Gasteiger partial charge in [-0.05, 0) is 123 Å². The first-order valence-electron chi connectivity index (χ1n) is 15.9. The fraction of sp³-hybridized carbons (Fsp3) is 0.0667. The molecule has 1 aliphatic rings. The van der Waals surface area contributed by atoms with E-state index in [-0.39, 0.29) is 5.41 Å². The van der Waals surface area contributed by atoms with Gasteiger partial charge in [-0.2, -0.15) is 0 Å². The molecule has 0 radical (unpaired) electrons. The molecule has 0 saturated carbocycles. The molecule has 0 N–H and O–H groups in total. The lowest BCUT2D eigenvalue weighted by atomic mass is 9.80. The maximum absolute atomic E-state index is 2.46. The highest BCUT2D eigenvalue weighted by Gasteiger charge is 2.36. The van der Waals surface area contributed by atoms with Crippen LogP contribution < -0.4 is 0 Å². The van der Waals surface area contributed by atoms with Gasteiger partial charge in [0.15, 0.2) is 0 Å². The van der Waals surface area contributed by atoms with Gasteiger partial charge in [-0.25, -0.2) is 0 Å². The first kappa shape index (κ1) is 24.9. The van der Waals surface area contributed by atoms with E-state index in [2.05, 4.69) is 159 Å². The van der Waals surface area contributed by atoms with Crippen LogP contribution in [0.1, 0.15) is 25.0 Å². The highest BCUT2D eigenvalue weighted by atomic mass is 14.4. The zero-order valence-corrected chi connectivity index (χ0v) is 25.4. The minimum Gasteiger partial charge on any atom is -0.0616 e. The van der Waals surface area contributed by atoms with Gasteiger partial charge in [-0.15, -0.1) is 0 Å². The molecule has 0 bridgehead atoms. The van der Waals surface area contributed by atoms with E-state index < -0.39 is 0 Å². The van der Waals surface area contributed by atoms with Crippen molar-refractivity contribution in [2.75, 3.05) is 0 Å². The van der Waals surface area contributed by atoms with Crippen molar-refractivity contribution >= 4 is 53.9 Å². The monoisotopic (exact) mass is 570 g/mol. The molecular formula is C45H30. The van der Waals surface area contributed by atoms with Gasteiger partial charge in [0.2, 0.25) is 0 Å². The van der Waals surface area contributed by atoms with Crippen molar-refractivity contribution < 1.29 is 0 Å². The highest BCUT2D eigenvalue weighted by molar-refractivity contribution is 6.25. The van der Waals surface area contributed by atoms with Crippen LogP contribution in [0, 0.1) is 0 Å². The number of benzene rings is 9. The van der Waals surface area contributed by atoms with E-state index in [1.54, 1.807) is 0 Å². The maximum atomic E-state index is 2.46. The van der Waals surface area contributed by atoms with Crippen LogP contribution in [-0.2, 0) is 5.41 Å². The van der Waals surface area contributed by atoms with Gasteiger partial charge in [0, 0.05) is 5.41 Å². The summed E-state index contributed by atoms with van der Waals surface area (Å²) >= 11 is 0. The Morgan fingerprint density at radius 1 is 0.333 bits per heavy atom. The van der Waals surface area contributed by atoms with Gasteiger partial charge in [-0.1, -0.05) is 135 Å². The summed E-state index contributed by atoms with van der Waals surface area (Å²) < 4.78 is 0. The quantitative estimate of drug-likeness (QED) is 0.143. The Balaban J connectivity index is 1.12. The van der Waals surface area contributed by atoms with Gasteiger partial charge in [0.05, 0.1) is 0 Å². The third kappa shape index (κ3) is 3.43. The smallest absolute Gasteiger partial charge is 0.0159 e. The fourth-order valence-corrected chi connectivity index (χ4v) is 8.28. The largest absolute Gasteiger partial charge is 0.0616 e. The van der Waals surface area contributed by atoms with Crippen molar-refractivity contribution in [2.24, 2.45) is 0 Å². The van der Waals surface area contributed by atoms with Gasteiger partial charge in [0.1, 0.15) is 0 Å². The molecule has 210 valence electrons. The van der Waals surface area contributed by atoms with E-state index in [1.165, 1.54) is 98.4 Å². The molecule has 0 amide bonds. The molecule has 0 heterocycles. The summed E-state index contributed by atoms with van der Waals surface area (Å²) in [5.74, 6) is 0. The molecule has 9 aromatic carbocycles. The summed E-state index contributed by atoms with van der Waals surface area (Å²) in [6, 6.07) is 54.7. The van der Waals surface area contributed by atoms with Crippen LogP contribution in [0.2, 0.25) is 0 Å². The molecule has 0 aliphatic heterocycles. The van der Waals surface area contributed by atoms with E-state index in [9.17, 15) is 0 Å². The second-order valence-corrected chi connectivity index (χ2v) is 13.3.